The number of hydrogen-bond acceptors (Lipinski definition) is 2. The summed E-state index contributed by atoms with van der Waals surface area (Å²) >= 11 is 0. The molecule has 1 aliphatic carbocycles. The zero-order chi connectivity index (χ0) is 11.5. The number of hydrogen-bond donors (Lipinski definition) is 0. The summed E-state index contributed by atoms with van der Waals surface area (Å²) in [5, 5.41) is 0. The Kier molecular flexibility index (Phi) is 3.29. The van der Waals surface area contributed by atoms with Crippen molar-refractivity contribution >= 4 is 5.78 Å². The predicted molar refractivity (Wildman–Crippen MR) is 54.3 cm³/mol. The molecule has 0 aliphatic heterocycles. The van der Waals surface area contributed by atoms with E-state index in [1.165, 1.54) is 0 Å². The summed E-state index contributed by atoms with van der Waals surface area (Å²) in [6.07, 6.45) is 3.10. The van der Waals surface area contributed by atoms with Gasteiger partial charge in [0.05, 0.1) is 11.7 Å². The Balaban J connectivity index is 1.99. The van der Waals surface area contributed by atoms with Gasteiger partial charge in [0.25, 0.3) is 0 Å². The van der Waals surface area contributed by atoms with Gasteiger partial charge in [-0.05, 0) is 37.5 Å². The fraction of sp³-hybridized carbons (Fsp3) is 0.417. The van der Waals surface area contributed by atoms with Crippen molar-refractivity contribution in [1.29, 1.82) is 0 Å². The van der Waals surface area contributed by atoms with E-state index in [2.05, 4.69) is 0 Å². The number of carbonyl (C=O) groups is 1. The largest absolute Gasteiger partial charge is 0.370 e. The Labute approximate surface area is 92.2 Å². The molecule has 0 N–H and O–H groups in total. The van der Waals surface area contributed by atoms with Gasteiger partial charge in [0.1, 0.15) is 18.2 Å². The zero-order valence-corrected chi connectivity index (χ0v) is 8.71. The van der Waals surface area contributed by atoms with Gasteiger partial charge in [0.15, 0.2) is 5.78 Å². The SMILES string of the molecule is O=C(COC1CCC1)c1cc(F)ccc1F. The molecule has 0 atom stereocenters. The van der Waals surface area contributed by atoms with E-state index in [1.54, 1.807) is 0 Å². The Morgan fingerprint density at radius 1 is 1.38 bits per heavy atom. The van der Waals surface area contributed by atoms with Crippen LogP contribution in [0.4, 0.5) is 8.78 Å². The minimum Gasteiger partial charge on any atom is -0.370 e. The molecule has 0 amide bonds. The Hall–Kier alpha value is -1.29. The van der Waals surface area contributed by atoms with Gasteiger partial charge in [-0.1, -0.05) is 0 Å². The maximum atomic E-state index is 13.2. The molecule has 1 fully saturated rings. The van der Waals surface area contributed by atoms with Gasteiger partial charge in [0.2, 0.25) is 0 Å². The minimum atomic E-state index is -0.705. The first-order valence-electron chi connectivity index (χ1n) is 5.26. The van der Waals surface area contributed by atoms with Gasteiger partial charge in [-0.2, -0.15) is 0 Å². The van der Waals surface area contributed by atoms with Gasteiger partial charge in [-0.15, -0.1) is 0 Å². The second-order valence-corrected chi connectivity index (χ2v) is 3.91. The molecular formula is C12H12F2O2. The molecule has 2 rings (SSSR count). The van der Waals surface area contributed by atoms with Crippen LogP contribution in [0.15, 0.2) is 18.2 Å². The van der Waals surface area contributed by atoms with E-state index >= 15 is 0 Å². The average Bonchev–Trinajstić information content (AvgIpc) is 2.19. The van der Waals surface area contributed by atoms with Crippen molar-refractivity contribution in [3.05, 3.63) is 35.4 Å². The molecule has 16 heavy (non-hydrogen) atoms. The van der Waals surface area contributed by atoms with Gasteiger partial charge in [0, 0.05) is 0 Å². The van der Waals surface area contributed by atoms with E-state index in [4.69, 9.17) is 4.74 Å². The molecule has 0 heterocycles. The number of ether oxygens (including phenoxy) is 1. The Morgan fingerprint density at radius 2 is 2.12 bits per heavy atom. The van der Waals surface area contributed by atoms with Crippen LogP contribution in [0.2, 0.25) is 0 Å². The standard InChI is InChI=1S/C12H12F2O2/c13-8-4-5-11(14)10(6-8)12(15)7-16-9-2-1-3-9/h4-6,9H,1-3,7H2. The highest BCUT2D eigenvalue weighted by Crippen LogP contribution is 2.22. The number of rotatable bonds is 4. The Bertz CT molecular complexity index is 400. The third kappa shape index (κ3) is 2.44. The van der Waals surface area contributed by atoms with Crippen LogP contribution in [0.25, 0.3) is 0 Å². The first kappa shape index (κ1) is 11.2. The van der Waals surface area contributed by atoms with E-state index in [0.29, 0.717) is 0 Å². The first-order chi connectivity index (χ1) is 7.66. The highest BCUT2D eigenvalue weighted by molar-refractivity contribution is 5.97. The molecular weight excluding hydrogens is 214 g/mol. The zero-order valence-electron chi connectivity index (χ0n) is 8.71. The van der Waals surface area contributed by atoms with Crippen LogP contribution < -0.4 is 0 Å². The van der Waals surface area contributed by atoms with E-state index in [-0.39, 0.29) is 18.3 Å². The normalized spacial score (nSPS) is 15.9. The highest BCUT2D eigenvalue weighted by Gasteiger charge is 2.20. The number of Topliss-reactive ketones (excluding diaryl/α,β-unsaturated/α-hetero) is 1. The van der Waals surface area contributed by atoms with E-state index in [0.717, 1.165) is 37.5 Å². The van der Waals surface area contributed by atoms with Crippen molar-refractivity contribution in [3.63, 3.8) is 0 Å². The summed E-state index contributed by atoms with van der Waals surface area (Å²) in [7, 11) is 0. The van der Waals surface area contributed by atoms with Gasteiger partial charge >= 0.3 is 0 Å². The van der Waals surface area contributed by atoms with Gasteiger partial charge in [-0.3, -0.25) is 4.79 Å². The first-order valence-corrected chi connectivity index (χ1v) is 5.26. The highest BCUT2D eigenvalue weighted by atomic mass is 19.1. The molecule has 1 aliphatic rings. The molecule has 0 saturated heterocycles. The van der Waals surface area contributed by atoms with Crippen molar-refractivity contribution in [2.75, 3.05) is 6.61 Å². The minimum absolute atomic E-state index is 0.112. The third-order valence-corrected chi connectivity index (χ3v) is 2.73. The van der Waals surface area contributed by atoms with E-state index in [1.807, 2.05) is 0 Å². The third-order valence-electron chi connectivity index (χ3n) is 2.73. The predicted octanol–water partition coefficient (Wildman–Crippen LogP) is 2.72. The second-order valence-electron chi connectivity index (χ2n) is 3.91. The summed E-state index contributed by atoms with van der Waals surface area (Å²) in [5.74, 6) is -1.83. The molecule has 0 aromatic heterocycles. The molecule has 1 aromatic carbocycles. The fourth-order valence-electron chi connectivity index (χ4n) is 1.52. The smallest absolute Gasteiger partial charge is 0.191 e. The van der Waals surface area contributed by atoms with Crippen molar-refractivity contribution in [1.82, 2.24) is 0 Å². The van der Waals surface area contributed by atoms with Crippen molar-refractivity contribution in [2.45, 2.75) is 25.4 Å². The van der Waals surface area contributed by atoms with E-state index < -0.39 is 17.4 Å². The molecule has 1 saturated carbocycles. The van der Waals surface area contributed by atoms with Crippen molar-refractivity contribution in [3.8, 4) is 0 Å². The van der Waals surface area contributed by atoms with Gasteiger partial charge < -0.3 is 4.74 Å². The average molecular weight is 226 g/mol. The fourth-order valence-corrected chi connectivity index (χ4v) is 1.52. The number of benzene rings is 1. The molecule has 86 valence electrons. The summed E-state index contributed by atoms with van der Waals surface area (Å²) in [4.78, 5) is 11.5. The van der Waals surface area contributed by atoms with Crippen LogP contribution in [0, 0.1) is 11.6 Å². The molecule has 0 bridgehead atoms. The number of halogens is 2. The molecule has 1 aromatic rings. The van der Waals surface area contributed by atoms with Crippen LogP contribution >= 0.6 is 0 Å². The lowest BCUT2D eigenvalue weighted by molar-refractivity contribution is 0.00714. The quantitative estimate of drug-likeness (QED) is 0.738. The lowest BCUT2D eigenvalue weighted by Gasteiger charge is -2.25. The summed E-state index contributed by atoms with van der Waals surface area (Å²) < 4.78 is 31.3. The maximum Gasteiger partial charge on any atom is 0.191 e. The van der Waals surface area contributed by atoms with Gasteiger partial charge in [-0.25, -0.2) is 8.78 Å². The topological polar surface area (TPSA) is 26.3 Å². The van der Waals surface area contributed by atoms with Crippen LogP contribution in [0.5, 0.6) is 0 Å². The van der Waals surface area contributed by atoms with E-state index in [9.17, 15) is 13.6 Å². The van der Waals surface area contributed by atoms with Crippen molar-refractivity contribution < 1.29 is 18.3 Å². The number of ketones is 1. The number of carbonyl (C=O) groups excluding carboxylic acids is 1. The summed E-state index contributed by atoms with van der Waals surface area (Å²) in [6, 6.07) is 2.84. The summed E-state index contributed by atoms with van der Waals surface area (Å²) in [6.45, 7) is -0.176. The van der Waals surface area contributed by atoms with Crippen LogP contribution in [-0.2, 0) is 4.74 Å². The Morgan fingerprint density at radius 3 is 2.75 bits per heavy atom. The molecule has 0 radical (unpaired) electrons. The molecule has 0 spiro atoms. The summed E-state index contributed by atoms with van der Waals surface area (Å²) in [5.41, 5.74) is -0.237. The second kappa shape index (κ2) is 4.70. The van der Waals surface area contributed by atoms with Crippen LogP contribution in [0.1, 0.15) is 29.6 Å². The molecule has 4 heteroatoms. The monoisotopic (exact) mass is 226 g/mol. The lowest BCUT2D eigenvalue weighted by Crippen LogP contribution is -2.25. The lowest BCUT2D eigenvalue weighted by atomic mass is 9.96. The van der Waals surface area contributed by atoms with Crippen LogP contribution in [0.3, 0.4) is 0 Å². The van der Waals surface area contributed by atoms with Crippen LogP contribution in [-0.4, -0.2) is 18.5 Å². The molecule has 2 nitrogen and oxygen atoms in total. The maximum absolute atomic E-state index is 13.2. The van der Waals surface area contributed by atoms with Crippen molar-refractivity contribution in [2.24, 2.45) is 0 Å². The molecule has 0 unspecified atom stereocenters.